The Morgan fingerprint density at radius 3 is 2.80 bits per heavy atom. The van der Waals surface area contributed by atoms with Crippen LogP contribution in [0.15, 0.2) is 5.38 Å². The molecule has 2 N–H and O–H groups in total. The van der Waals surface area contributed by atoms with E-state index in [4.69, 9.17) is 5.73 Å². The van der Waals surface area contributed by atoms with Gasteiger partial charge < -0.3 is 5.73 Å². The van der Waals surface area contributed by atoms with Crippen molar-refractivity contribution in [3.63, 3.8) is 0 Å². The molecular formula is C7H12N2S. The number of thiazole rings is 1. The molecule has 0 aliphatic carbocycles. The molecule has 0 saturated heterocycles. The van der Waals surface area contributed by atoms with Gasteiger partial charge in [0, 0.05) is 11.4 Å². The maximum atomic E-state index is 5.63. The normalized spacial score (nSPS) is 13.5. The van der Waals surface area contributed by atoms with Crippen molar-refractivity contribution in [3.8, 4) is 0 Å². The maximum Gasteiger partial charge on any atom is 0.0926 e. The Morgan fingerprint density at radius 1 is 1.80 bits per heavy atom. The summed E-state index contributed by atoms with van der Waals surface area (Å²) >= 11 is 1.69. The fourth-order valence-electron chi connectivity index (χ4n) is 0.697. The summed E-state index contributed by atoms with van der Waals surface area (Å²) in [5.74, 6) is 0. The minimum atomic E-state index is 0.0801. The van der Waals surface area contributed by atoms with E-state index in [-0.39, 0.29) is 6.04 Å². The van der Waals surface area contributed by atoms with Crippen molar-refractivity contribution in [2.45, 2.75) is 26.3 Å². The predicted octanol–water partition coefficient (Wildman–Crippen LogP) is 1.73. The SMILES string of the molecule is CCc1nc([C@@H](C)N)cs1. The van der Waals surface area contributed by atoms with Gasteiger partial charge in [-0.25, -0.2) is 4.98 Å². The van der Waals surface area contributed by atoms with Crippen LogP contribution >= 0.6 is 11.3 Å². The molecular weight excluding hydrogens is 144 g/mol. The lowest BCUT2D eigenvalue weighted by Crippen LogP contribution is -2.04. The molecule has 0 spiro atoms. The molecule has 1 aromatic rings. The van der Waals surface area contributed by atoms with Crippen molar-refractivity contribution in [2.75, 3.05) is 0 Å². The number of hydrogen-bond acceptors (Lipinski definition) is 3. The van der Waals surface area contributed by atoms with E-state index < -0.39 is 0 Å². The van der Waals surface area contributed by atoms with Crippen molar-refractivity contribution in [1.82, 2.24) is 4.98 Å². The van der Waals surface area contributed by atoms with Crippen LogP contribution in [-0.4, -0.2) is 4.98 Å². The van der Waals surface area contributed by atoms with Gasteiger partial charge in [-0.2, -0.15) is 0 Å². The van der Waals surface area contributed by atoms with E-state index in [1.807, 2.05) is 12.3 Å². The second-order valence-electron chi connectivity index (χ2n) is 2.31. The molecule has 0 unspecified atom stereocenters. The highest BCUT2D eigenvalue weighted by atomic mass is 32.1. The van der Waals surface area contributed by atoms with Crippen LogP contribution in [-0.2, 0) is 6.42 Å². The largest absolute Gasteiger partial charge is 0.323 e. The van der Waals surface area contributed by atoms with E-state index in [0.29, 0.717) is 0 Å². The van der Waals surface area contributed by atoms with Crippen LogP contribution in [0.1, 0.15) is 30.6 Å². The van der Waals surface area contributed by atoms with E-state index in [1.54, 1.807) is 11.3 Å². The summed E-state index contributed by atoms with van der Waals surface area (Å²) in [5.41, 5.74) is 6.64. The van der Waals surface area contributed by atoms with Crippen molar-refractivity contribution >= 4 is 11.3 Å². The molecule has 1 aromatic heterocycles. The predicted molar refractivity (Wildman–Crippen MR) is 44.1 cm³/mol. The fraction of sp³-hybridized carbons (Fsp3) is 0.571. The molecule has 0 saturated carbocycles. The first-order valence-electron chi connectivity index (χ1n) is 3.44. The lowest BCUT2D eigenvalue weighted by molar-refractivity contribution is 0.782. The number of nitrogens with zero attached hydrogens (tertiary/aromatic N) is 1. The number of aryl methyl sites for hydroxylation is 1. The first kappa shape index (κ1) is 7.69. The third-order valence-corrected chi connectivity index (χ3v) is 2.35. The number of hydrogen-bond donors (Lipinski definition) is 1. The third-order valence-electron chi connectivity index (χ3n) is 1.34. The van der Waals surface area contributed by atoms with Gasteiger partial charge in [0.2, 0.25) is 0 Å². The minimum absolute atomic E-state index is 0.0801. The first-order valence-corrected chi connectivity index (χ1v) is 4.32. The Bertz CT molecular complexity index is 205. The van der Waals surface area contributed by atoms with Crippen LogP contribution in [0.3, 0.4) is 0 Å². The standard InChI is InChI=1S/C7H12N2S/c1-3-7-9-6(4-10-7)5(2)8/h4-5H,3,8H2,1-2H3/t5-/m1/s1. The Morgan fingerprint density at radius 2 is 2.50 bits per heavy atom. The van der Waals surface area contributed by atoms with Crippen LogP contribution in [0, 0.1) is 0 Å². The Kier molecular flexibility index (Phi) is 2.40. The zero-order valence-corrected chi connectivity index (χ0v) is 7.11. The lowest BCUT2D eigenvalue weighted by Gasteiger charge is -1.96. The molecule has 10 heavy (non-hydrogen) atoms. The summed E-state index contributed by atoms with van der Waals surface area (Å²) in [6.07, 6.45) is 1.01. The highest BCUT2D eigenvalue weighted by molar-refractivity contribution is 7.09. The zero-order chi connectivity index (χ0) is 7.56. The van der Waals surface area contributed by atoms with Gasteiger partial charge in [-0.1, -0.05) is 6.92 Å². The second kappa shape index (κ2) is 3.12. The van der Waals surface area contributed by atoms with Crippen LogP contribution < -0.4 is 5.73 Å². The minimum Gasteiger partial charge on any atom is -0.323 e. The molecule has 2 nitrogen and oxygen atoms in total. The van der Waals surface area contributed by atoms with E-state index in [0.717, 1.165) is 12.1 Å². The average molecular weight is 156 g/mol. The second-order valence-corrected chi connectivity index (χ2v) is 3.25. The van der Waals surface area contributed by atoms with Crippen LogP contribution in [0.4, 0.5) is 0 Å². The molecule has 1 atom stereocenters. The van der Waals surface area contributed by atoms with Gasteiger partial charge in [-0.3, -0.25) is 0 Å². The maximum absolute atomic E-state index is 5.63. The summed E-state index contributed by atoms with van der Waals surface area (Å²) in [6, 6.07) is 0.0801. The van der Waals surface area contributed by atoms with E-state index >= 15 is 0 Å². The molecule has 0 aromatic carbocycles. The van der Waals surface area contributed by atoms with Gasteiger partial charge in [0.15, 0.2) is 0 Å². The fourth-order valence-corrected chi connectivity index (χ4v) is 1.55. The smallest absolute Gasteiger partial charge is 0.0926 e. The molecule has 0 bridgehead atoms. The quantitative estimate of drug-likeness (QED) is 0.708. The van der Waals surface area contributed by atoms with Crippen molar-refractivity contribution in [2.24, 2.45) is 5.73 Å². The molecule has 1 heterocycles. The summed E-state index contributed by atoms with van der Waals surface area (Å²) in [7, 11) is 0. The summed E-state index contributed by atoms with van der Waals surface area (Å²) in [6.45, 7) is 4.05. The number of nitrogens with two attached hydrogens (primary N) is 1. The third kappa shape index (κ3) is 1.55. The topological polar surface area (TPSA) is 38.9 Å². The monoisotopic (exact) mass is 156 g/mol. The molecule has 0 aliphatic heterocycles. The van der Waals surface area contributed by atoms with Gasteiger partial charge in [-0.15, -0.1) is 11.3 Å². The summed E-state index contributed by atoms with van der Waals surface area (Å²) in [5, 5.41) is 3.20. The van der Waals surface area contributed by atoms with E-state index in [9.17, 15) is 0 Å². The highest BCUT2D eigenvalue weighted by Crippen LogP contribution is 2.14. The zero-order valence-electron chi connectivity index (χ0n) is 6.29. The Balaban J connectivity index is 2.78. The Hall–Kier alpha value is -0.410. The van der Waals surface area contributed by atoms with Crippen LogP contribution in [0.2, 0.25) is 0 Å². The first-order chi connectivity index (χ1) is 4.74. The van der Waals surface area contributed by atoms with Gasteiger partial charge in [0.05, 0.1) is 10.7 Å². The van der Waals surface area contributed by atoms with Crippen molar-refractivity contribution in [3.05, 3.63) is 16.1 Å². The molecule has 3 heteroatoms. The van der Waals surface area contributed by atoms with Gasteiger partial charge in [0.1, 0.15) is 0 Å². The highest BCUT2D eigenvalue weighted by Gasteiger charge is 2.02. The van der Waals surface area contributed by atoms with E-state index in [2.05, 4.69) is 11.9 Å². The van der Waals surface area contributed by atoms with Crippen LogP contribution in [0.5, 0.6) is 0 Å². The molecule has 0 amide bonds. The molecule has 0 fully saturated rings. The number of aromatic nitrogens is 1. The lowest BCUT2D eigenvalue weighted by atomic mass is 10.3. The van der Waals surface area contributed by atoms with E-state index in [1.165, 1.54) is 5.01 Å². The molecule has 0 radical (unpaired) electrons. The van der Waals surface area contributed by atoms with Crippen LogP contribution in [0.25, 0.3) is 0 Å². The molecule has 1 rings (SSSR count). The molecule has 0 aliphatic rings. The average Bonchev–Trinajstić information content (AvgIpc) is 2.34. The summed E-state index contributed by atoms with van der Waals surface area (Å²) < 4.78 is 0. The van der Waals surface area contributed by atoms with Gasteiger partial charge in [-0.05, 0) is 13.3 Å². The number of rotatable bonds is 2. The van der Waals surface area contributed by atoms with Gasteiger partial charge in [0.25, 0.3) is 0 Å². The molecule has 56 valence electrons. The Labute approximate surface area is 65.1 Å². The van der Waals surface area contributed by atoms with Crippen molar-refractivity contribution in [1.29, 1.82) is 0 Å². The summed E-state index contributed by atoms with van der Waals surface area (Å²) in [4.78, 5) is 4.32. The van der Waals surface area contributed by atoms with Gasteiger partial charge >= 0.3 is 0 Å². The van der Waals surface area contributed by atoms with Crippen molar-refractivity contribution < 1.29 is 0 Å².